The zero-order valence-corrected chi connectivity index (χ0v) is 9.92. The smallest absolute Gasteiger partial charge is 0.387 e. The van der Waals surface area contributed by atoms with E-state index in [0.29, 0.717) is 10.9 Å². The summed E-state index contributed by atoms with van der Waals surface area (Å²) in [6.45, 7) is -1.48. The molecular formula is C10H9BrF2O3. The monoisotopic (exact) mass is 294 g/mol. The van der Waals surface area contributed by atoms with Crippen LogP contribution in [0.3, 0.4) is 0 Å². The van der Waals surface area contributed by atoms with Crippen molar-refractivity contribution in [1.82, 2.24) is 0 Å². The molecule has 0 aliphatic rings. The van der Waals surface area contributed by atoms with Gasteiger partial charge in [0.2, 0.25) is 0 Å². The van der Waals surface area contributed by atoms with E-state index in [1.807, 2.05) is 0 Å². The number of carboxylic acids is 1. The highest BCUT2D eigenvalue weighted by Gasteiger charge is 2.19. The van der Waals surface area contributed by atoms with E-state index >= 15 is 0 Å². The fourth-order valence-corrected chi connectivity index (χ4v) is 1.94. The summed E-state index contributed by atoms with van der Waals surface area (Å²) in [7, 11) is 0. The quantitative estimate of drug-likeness (QED) is 0.868. The highest BCUT2D eigenvalue weighted by molar-refractivity contribution is 9.08. The highest BCUT2D eigenvalue weighted by atomic mass is 79.9. The van der Waals surface area contributed by atoms with Gasteiger partial charge in [0.05, 0.1) is 0 Å². The van der Waals surface area contributed by atoms with E-state index in [1.54, 1.807) is 13.0 Å². The van der Waals surface area contributed by atoms with Gasteiger partial charge in [-0.3, -0.25) is 0 Å². The van der Waals surface area contributed by atoms with Crippen LogP contribution in [0.5, 0.6) is 5.75 Å². The van der Waals surface area contributed by atoms with E-state index in [1.165, 1.54) is 6.07 Å². The standard InChI is InChI=1S/C10H9BrF2O3/c1-5-6(4-11)2-3-7(16-10(12)13)8(5)9(14)15/h2-3,10H,4H2,1H3,(H,14,15). The van der Waals surface area contributed by atoms with Gasteiger partial charge in [0.25, 0.3) is 0 Å². The molecular weight excluding hydrogens is 286 g/mol. The van der Waals surface area contributed by atoms with Gasteiger partial charge in [0, 0.05) is 5.33 Å². The molecule has 1 aromatic rings. The van der Waals surface area contributed by atoms with Crippen LogP contribution in [-0.2, 0) is 5.33 Å². The first kappa shape index (κ1) is 12.9. The van der Waals surface area contributed by atoms with E-state index in [0.717, 1.165) is 5.56 Å². The van der Waals surface area contributed by atoms with Gasteiger partial charge in [0.15, 0.2) is 0 Å². The maximum absolute atomic E-state index is 12.1. The zero-order valence-electron chi connectivity index (χ0n) is 8.34. The van der Waals surface area contributed by atoms with E-state index < -0.39 is 12.6 Å². The highest BCUT2D eigenvalue weighted by Crippen LogP contribution is 2.27. The molecule has 1 N–H and O–H groups in total. The molecule has 88 valence electrons. The number of rotatable bonds is 4. The van der Waals surface area contributed by atoms with Crippen molar-refractivity contribution in [3.63, 3.8) is 0 Å². The number of aromatic carboxylic acids is 1. The predicted molar refractivity (Wildman–Crippen MR) is 57.4 cm³/mol. The number of ether oxygens (including phenoxy) is 1. The number of carboxylic acid groups (broad SMARTS) is 1. The van der Waals surface area contributed by atoms with E-state index in [-0.39, 0.29) is 11.3 Å². The first-order chi connectivity index (χ1) is 7.47. The predicted octanol–water partition coefficient (Wildman–Crippen LogP) is 3.19. The molecule has 0 amide bonds. The van der Waals surface area contributed by atoms with Crippen LogP contribution >= 0.6 is 15.9 Å². The van der Waals surface area contributed by atoms with Crippen LogP contribution in [0, 0.1) is 6.92 Å². The summed E-state index contributed by atoms with van der Waals surface area (Å²) < 4.78 is 28.3. The van der Waals surface area contributed by atoms with Crippen LogP contribution in [0.25, 0.3) is 0 Å². The largest absolute Gasteiger partial charge is 0.478 e. The molecule has 0 aliphatic heterocycles. The second kappa shape index (κ2) is 5.25. The first-order valence-corrected chi connectivity index (χ1v) is 5.46. The number of alkyl halides is 3. The third-order valence-corrected chi connectivity index (χ3v) is 2.72. The molecule has 0 saturated carbocycles. The van der Waals surface area contributed by atoms with Crippen molar-refractivity contribution < 1.29 is 23.4 Å². The van der Waals surface area contributed by atoms with E-state index in [9.17, 15) is 13.6 Å². The maximum atomic E-state index is 12.1. The number of hydrogen-bond acceptors (Lipinski definition) is 2. The Balaban J connectivity index is 3.29. The summed E-state index contributed by atoms with van der Waals surface area (Å²) in [4.78, 5) is 11.0. The van der Waals surface area contributed by atoms with Crippen molar-refractivity contribution in [3.8, 4) is 5.75 Å². The molecule has 0 bridgehead atoms. The molecule has 16 heavy (non-hydrogen) atoms. The van der Waals surface area contributed by atoms with E-state index in [2.05, 4.69) is 20.7 Å². The summed E-state index contributed by atoms with van der Waals surface area (Å²) in [6.07, 6.45) is 0. The lowest BCUT2D eigenvalue weighted by Gasteiger charge is -2.12. The SMILES string of the molecule is Cc1c(CBr)ccc(OC(F)F)c1C(=O)O. The zero-order chi connectivity index (χ0) is 12.3. The number of benzene rings is 1. The Hall–Kier alpha value is -1.17. The number of carbonyl (C=O) groups is 1. The lowest BCUT2D eigenvalue weighted by Crippen LogP contribution is -2.10. The fourth-order valence-electron chi connectivity index (χ4n) is 1.33. The molecule has 0 spiro atoms. The second-order valence-corrected chi connectivity index (χ2v) is 3.60. The Bertz CT molecular complexity index is 407. The van der Waals surface area contributed by atoms with Gasteiger partial charge in [-0.25, -0.2) is 4.79 Å². The lowest BCUT2D eigenvalue weighted by molar-refractivity contribution is -0.0503. The molecule has 0 fully saturated rings. The molecule has 0 unspecified atom stereocenters. The summed E-state index contributed by atoms with van der Waals surface area (Å²) in [6, 6.07) is 2.79. The van der Waals surface area contributed by atoms with Gasteiger partial charge in [-0.05, 0) is 24.1 Å². The number of halogens is 3. The lowest BCUT2D eigenvalue weighted by atomic mass is 10.0. The molecule has 1 aromatic carbocycles. The molecule has 3 nitrogen and oxygen atoms in total. The Morgan fingerprint density at radius 1 is 1.56 bits per heavy atom. The van der Waals surface area contributed by atoms with Crippen molar-refractivity contribution in [1.29, 1.82) is 0 Å². The van der Waals surface area contributed by atoms with Crippen LogP contribution in [0.4, 0.5) is 8.78 Å². The minimum Gasteiger partial charge on any atom is -0.478 e. The summed E-state index contributed by atoms with van der Waals surface area (Å²) in [5.74, 6) is -1.60. The van der Waals surface area contributed by atoms with Crippen LogP contribution in [0.1, 0.15) is 21.5 Å². The minimum atomic E-state index is -3.03. The van der Waals surface area contributed by atoms with Crippen molar-refractivity contribution in [2.45, 2.75) is 18.9 Å². The first-order valence-electron chi connectivity index (χ1n) is 4.34. The van der Waals surface area contributed by atoms with Crippen LogP contribution in [0.2, 0.25) is 0 Å². The summed E-state index contributed by atoms with van der Waals surface area (Å²) in [5, 5.41) is 9.39. The van der Waals surface area contributed by atoms with Crippen molar-refractivity contribution in [3.05, 3.63) is 28.8 Å². The molecule has 0 atom stereocenters. The number of hydrogen-bond donors (Lipinski definition) is 1. The molecule has 6 heteroatoms. The minimum absolute atomic E-state index is 0.225. The molecule has 0 saturated heterocycles. The molecule has 1 rings (SSSR count). The van der Waals surface area contributed by atoms with Gasteiger partial charge in [0.1, 0.15) is 11.3 Å². The average molecular weight is 295 g/mol. The maximum Gasteiger partial charge on any atom is 0.387 e. The topological polar surface area (TPSA) is 46.5 Å². The molecule has 0 heterocycles. The van der Waals surface area contributed by atoms with Gasteiger partial charge in [-0.15, -0.1) is 0 Å². The third-order valence-electron chi connectivity index (χ3n) is 2.11. The Morgan fingerprint density at radius 3 is 2.62 bits per heavy atom. The Kier molecular flexibility index (Phi) is 4.23. The van der Waals surface area contributed by atoms with Gasteiger partial charge in [-0.1, -0.05) is 22.0 Å². The second-order valence-electron chi connectivity index (χ2n) is 3.04. The van der Waals surface area contributed by atoms with Crippen molar-refractivity contribution in [2.24, 2.45) is 0 Å². The Labute approximate surface area is 99.2 Å². The van der Waals surface area contributed by atoms with Gasteiger partial charge in [-0.2, -0.15) is 8.78 Å². The van der Waals surface area contributed by atoms with Crippen LogP contribution in [0.15, 0.2) is 12.1 Å². The van der Waals surface area contributed by atoms with Crippen LogP contribution in [-0.4, -0.2) is 17.7 Å². The van der Waals surface area contributed by atoms with Crippen molar-refractivity contribution >= 4 is 21.9 Å². The average Bonchev–Trinajstić information content (AvgIpc) is 2.16. The molecule has 0 aliphatic carbocycles. The van der Waals surface area contributed by atoms with E-state index in [4.69, 9.17) is 5.11 Å². The summed E-state index contributed by atoms with van der Waals surface area (Å²) in [5.41, 5.74) is 0.916. The normalized spacial score (nSPS) is 10.6. The summed E-state index contributed by atoms with van der Waals surface area (Å²) >= 11 is 3.19. The van der Waals surface area contributed by atoms with Crippen molar-refractivity contribution in [2.75, 3.05) is 0 Å². The molecule has 0 radical (unpaired) electrons. The fraction of sp³-hybridized carbons (Fsp3) is 0.300. The molecule has 0 aromatic heterocycles. The van der Waals surface area contributed by atoms with Gasteiger partial charge < -0.3 is 9.84 Å². The van der Waals surface area contributed by atoms with Crippen LogP contribution < -0.4 is 4.74 Å². The van der Waals surface area contributed by atoms with Gasteiger partial charge >= 0.3 is 12.6 Å². The third kappa shape index (κ3) is 2.69. The Morgan fingerprint density at radius 2 is 2.19 bits per heavy atom.